The van der Waals surface area contributed by atoms with Crippen LogP contribution >= 0.6 is 15.9 Å². The number of nitrogens with two attached hydrogens (primary N) is 1. The molecule has 1 fully saturated rings. The molecule has 4 nitrogen and oxygen atoms in total. The molecule has 0 radical (unpaired) electrons. The summed E-state index contributed by atoms with van der Waals surface area (Å²) < 4.78 is 12.1. The van der Waals surface area contributed by atoms with Crippen molar-refractivity contribution in [3.05, 3.63) is 34.3 Å². The Morgan fingerprint density at radius 2 is 1.84 bits per heavy atom. The van der Waals surface area contributed by atoms with Gasteiger partial charge in [0.2, 0.25) is 0 Å². The van der Waals surface area contributed by atoms with E-state index in [4.69, 9.17) is 15.2 Å². The third kappa shape index (κ3) is 3.17. The molecule has 3 unspecified atom stereocenters. The summed E-state index contributed by atoms with van der Waals surface area (Å²) in [6.07, 6.45) is 0.225. The molecule has 0 aromatic heterocycles. The van der Waals surface area contributed by atoms with Gasteiger partial charge in [-0.1, -0.05) is 34.1 Å². The Kier molecular flexibility index (Phi) is 5.36. The van der Waals surface area contributed by atoms with Crippen LogP contribution in [-0.2, 0) is 9.47 Å². The number of likely N-dealkylation sites (tertiary alicyclic amines) is 1. The summed E-state index contributed by atoms with van der Waals surface area (Å²) in [4.78, 5) is 2.34. The fourth-order valence-corrected chi connectivity index (χ4v) is 3.25. The number of rotatable bonds is 5. The second kappa shape index (κ2) is 6.81. The lowest BCUT2D eigenvalue weighted by Crippen LogP contribution is -2.33. The van der Waals surface area contributed by atoms with Crippen molar-refractivity contribution in [2.45, 2.75) is 18.2 Å². The zero-order valence-corrected chi connectivity index (χ0v) is 13.0. The van der Waals surface area contributed by atoms with Crippen LogP contribution in [0, 0.1) is 0 Å². The van der Waals surface area contributed by atoms with Gasteiger partial charge in [0.1, 0.15) is 0 Å². The van der Waals surface area contributed by atoms with Crippen LogP contribution in [0.2, 0.25) is 0 Å². The van der Waals surface area contributed by atoms with Crippen molar-refractivity contribution in [2.24, 2.45) is 5.73 Å². The third-order valence-corrected chi connectivity index (χ3v) is 4.50. The molecule has 2 rings (SSSR count). The van der Waals surface area contributed by atoms with Gasteiger partial charge in [-0.25, -0.2) is 0 Å². The zero-order chi connectivity index (χ0) is 13.8. The Morgan fingerprint density at radius 1 is 1.26 bits per heavy atom. The highest BCUT2D eigenvalue weighted by molar-refractivity contribution is 9.10. The number of methoxy groups -OCH3 is 2. The quantitative estimate of drug-likeness (QED) is 0.895. The molecule has 19 heavy (non-hydrogen) atoms. The summed E-state index contributed by atoms with van der Waals surface area (Å²) in [5, 5.41) is 0. The van der Waals surface area contributed by atoms with Gasteiger partial charge in [0, 0.05) is 44.4 Å². The molecule has 0 saturated carbocycles. The lowest BCUT2D eigenvalue weighted by molar-refractivity contribution is -0.00461. The lowest BCUT2D eigenvalue weighted by Gasteiger charge is -2.27. The van der Waals surface area contributed by atoms with Crippen molar-refractivity contribution in [1.29, 1.82) is 0 Å². The van der Waals surface area contributed by atoms with E-state index in [0.29, 0.717) is 6.54 Å². The van der Waals surface area contributed by atoms with Crippen molar-refractivity contribution in [3.63, 3.8) is 0 Å². The molecule has 1 saturated heterocycles. The molecular formula is C14H21BrN2O2. The first-order valence-corrected chi connectivity index (χ1v) is 7.24. The van der Waals surface area contributed by atoms with Crippen molar-refractivity contribution in [1.82, 2.24) is 4.90 Å². The Bertz CT molecular complexity index is 404. The molecule has 1 aliphatic rings. The highest BCUT2D eigenvalue weighted by Gasteiger charge is 2.36. The van der Waals surface area contributed by atoms with Crippen LogP contribution in [0.3, 0.4) is 0 Å². The van der Waals surface area contributed by atoms with Crippen molar-refractivity contribution in [3.8, 4) is 0 Å². The van der Waals surface area contributed by atoms with Crippen LogP contribution in [0.1, 0.15) is 11.6 Å². The van der Waals surface area contributed by atoms with E-state index in [1.54, 1.807) is 14.2 Å². The van der Waals surface area contributed by atoms with Gasteiger partial charge >= 0.3 is 0 Å². The minimum atomic E-state index is 0.113. The number of benzene rings is 1. The average Bonchev–Trinajstić information content (AvgIpc) is 2.85. The zero-order valence-electron chi connectivity index (χ0n) is 11.4. The van der Waals surface area contributed by atoms with Gasteiger partial charge in [-0.2, -0.15) is 0 Å². The minimum Gasteiger partial charge on any atom is -0.377 e. The Balaban J connectivity index is 2.18. The summed E-state index contributed by atoms with van der Waals surface area (Å²) in [5.41, 5.74) is 7.20. The van der Waals surface area contributed by atoms with Crippen LogP contribution in [0.15, 0.2) is 28.7 Å². The lowest BCUT2D eigenvalue weighted by atomic mass is 10.1. The van der Waals surface area contributed by atoms with Crippen molar-refractivity contribution in [2.75, 3.05) is 33.9 Å². The van der Waals surface area contributed by atoms with Crippen molar-refractivity contribution < 1.29 is 9.47 Å². The Labute approximate surface area is 123 Å². The van der Waals surface area contributed by atoms with Gasteiger partial charge in [-0.15, -0.1) is 0 Å². The summed E-state index contributed by atoms with van der Waals surface area (Å²) in [6.45, 7) is 2.27. The first-order chi connectivity index (χ1) is 9.21. The molecule has 0 spiro atoms. The number of nitrogens with zero attached hydrogens (tertiary/aromatic N) is 1. The monoisotopic (exact) mass is 328 g/mol. The van der Waals surface area contributed by atoms with Crippen LogP contribution in [-0.4, -0.2) is 51.0 Å². The molecule has 2 N–H and O–H groups in total. The Hall–Kier alpha value is -0.460. The van der Waals surface area contributed by atoms with Crippen LogP contribution in [0.5, 0.6) is 0 Å². The largest absolute Gasteiger partial charge is 0.377 e. The predicted molar refractivity (Wildman–Crippen MR) is 79.1 cm³/mol. The summed E-state index contributed by atoms with van der Waals surface area (Å²) in [5.74, 6) is 0. The standard InChI is InChI=1S/C14H21BrN2O2/c1-18-13-8-17(9-14(13)19-2)12(7-16)10-5-3-4-6-11(10)15/h3-6,12-14H,7-9,16H2,1-2H3. The van der Waals surface area contributed by atoms with E-state index < -0.39 is 0 Å². The van der Waals surface area contributed by atoms with E-state index in [-0.39, 0.29) is 18.2 Å². The summed E-state index contributed by atoms with van der Waals surface area (Å²) in [6, 6.07) is 8.41. The SMILES string of the molecule is COC1CN(C(CN)c2ccccc2Br)CC1OC. The Morgan fingerprint density at radius 3 is 2.32 bits per heavy atom. The predicted octanol–water partition coefficient (Wildman–Crippen LogP) is 1.79. The maximum absolute atomic E-state index is 5.98. The molecule has 1 aliphatic heterocycles. The molecule has 5 heteroatoms. The molecule has 3 atom stereocenters. The second-order valence-electron chi connectivity index (χ2n) is 4.78. The molecule has 1 heterocycles. The third-order valence-electron chi connectivity index (χ3n) is 3.78. The molecule has 1 aromatic rings. The minimum absolute atomic E-state index is 0.113. The smallest absolute Gasteiger partial charge is 0.0972 e. The summed E-state index contributed by atoms with van der Waals surface area (Å²) in [7, 11) is 3.46. The second-order valence-corrected chi connectivity index (χ2v) is 5.63. The van der Waals surface area contributed by atoms with Gasteiger partial charge < -0.3 is 15.2 Å². The fourth-order valence-electron chi connectivity index (χ4n) is 2.70. The van der Waals surface area contributed by atoms with Gasteiger partial charge in [-0.3, -0.25) is 4.90 Å². The maximum Gasteiger partial charge on any atom is 0.0972 e. The molecule has 0 amide bonds. The van der Waals surface area contributed by atoms with E-state index >= 15 is 0 Å². The highest BCUT2D eigenvalue weighted by atomic mass is 79.9. The number of halogens is 1. The van der Waals surface area contributed by atoms with E-state index in [2.05, 4.69) is 33.0 Å². The van der Waals surface area contributed by atoms with E-state index in [1.807, 2.05) is 12.1 Å². The van der Waals surface area contributed by atoms with E-state index in [1.165, 1.54) is 5.56 Å². The molecule has 0 aliphatic carbocycles. The van der Waals surface area contributed by atoms with Crippen molar-refractivity contribution >= 4 is 15.9 Å². The fraction of sp³-hybridized carbons (Fsp3) is 0.571. The first kappa shape index (κ1) is 14.9. The van der Waals surface area contributed by atoms with Crippen LogP contribution in [0.4, 0.5) is 0 Å². The van der Waals surface area contributed by atoms with E-state index in [9.17, 15) is 0 Å². The maximum atomic E-state index is 5.98. The van der Waals surface area contributed by atoms with Gasteiger partial charge in [-0.05, 0) is 11.6 Å². The molecule has 106 valence electrons. The molecular weight excluding hydrogens is 308 g/mol. The van der Waals surface area contributed by atoms with Gasteiger partial charge in [0.05, 0.1) is 12.2 Å². The van der Waals surface area contributed by atoms with Crippen LogP contribution < -0.4 is 5.73 Å². The number of hydrogen-bond donors (Lipinski definition) is 1. The topological polar surface area (TPSA) is 47.7 Å². The van der Waals surface area contributed by atoms with Gasteiger partial charge in [0.15, 0.2) is 0 Å². The first-order valence-electron chi connectivity index (χ1n) is 6.45. The highest BCUT2D eigenvalue weighted by Crippen LogP contribution is 2.30. The number of hydrogen-bond acceptors (Lipinski definition) is 4. The number of ether oxygens (including phenoxy) is 2. The molecule has 0 bridgehead atoms. The molecule has 1 aromatic carbocycles. The normalized spacial score (nSPS) is 25.7. The van der Waals surface area contributed by atoms with Gasteiger partial charge in [0.25, 0.3) is 0 Å². The average molecular weight is 329 g/mol. The van der Waals surface area contributed by atoms with Crippen LogP contribution in [0.25, 0.3) is 0 Å². The summed E-state index contributed by atoms with van der Waals surface area (Å²) >= 11 is 3.60. The van der Waals surface area contributed by atoms with E-state index in [0.717, 1.165) is 17.6 Å².